The number of aromatic nitrogens is 1. The normalized spacial score (nSPS) is 15.4. The Morgan fingerprint density at radius 1 is 1.22 bits per heavy atom. The number of nitro groups is 1. The summed E-state index contributed by atoms with van der Waals surface area (Å²) in [6.45, 7) is 2.33. The number of non-ortho nitro benzene ring substituents is 1. The van der Waals surface area contributed by atoms with Crippen molar-refractivity contribution in [2.24, 2.45) is 0 Å². The van der Waals surface area contributed by atoms with Crippen LogP contribution >= 0.6 is 0 Å². The number of nitrogens with one attached hydrogen (secondary N) is 1. The number of hydrogen-bond donors (Lipinski definition) is 2. The number of nitro benzene ring substituents is 1. The van der Waals surface area contributed by atoms with Crippen LogP contribution in [0.1, 0.15) is 11.3 Å². The molecule has 0 saturated heterocycles. The molecule has 0 amide bonds. The highest BCUT2D eigenvalue weighted by molar-refractivity contribution is 5.84. The Bertz CT molecular complexity index is 952. The Balaban J connectivity index is 1.32. The lowest BCUT2D eigenvalue weighted by molar-refractivity contribution is -0.384. The van der Waals surface area contributed by atoms with Crippen molar-refractivity contribution in [3.63, 3.8) is 0 Å². The van der Waals surface area contributed by atoms with Gasteiger partial charge >= 0.3 is 0 Å². The summed E-state index contributed by atoms with van der Waals surface area (Å²) in [4.78, 5) is 15.9. The second kappa shape index (κ2) is 7.38. The zero-order valence-electron chi connectivity index (χ0n) is 14.8. The third-order valence-electron chi connectivity index (χ3n) is 4.92. The van der Waals surface area contributed by atoms with Gasteiger partial charge < -0.3 is 14.8 Å². The van der Waals surface area contributed by atoms with Crippen LogP contribution in [0.5, 0.6) is 5.75 Å². The van der Waals surface area contributed by atoms with Crippen molar-refractivity contribution in [2.75, 3.05) is 19.7 Å². The summed E-state index contributed by atoms with van der Waals surface area (Å²) in [5, 5.41) is 22.3. The van der Waals surface area contributed by atoms with Gasteiger partial charge in [0.05, 0.1) is 4.92 Å². The van der Waals surface area contributed by atoms with E-state index in [1.807, 2.05) is 6.07 Å². The minimum atomic E-state index is -0.633. The molecule has 0 fully saturated rings. The second-order valence-electron chi connectivity index (χ2n) is 6.83. The molecular formula is C20H21N3O4. The van der Waals surface area contributed by atoms with E-state index in [4.69, 9.17) is 4.74 Å². The molecule has 1 unspecified atom stereocenters. The van der Waals surface area contributed by atoms with Gasteiger partial charge in [-0.05, 0) is 30.2 Å². The summed E-state index contributed by atoms with van der Waals surface area (Å²) in [6.07, 6.45) is 0.320. The summed E-state index contributed by atoms with van der Waals surface area (Å²) in [6, 6.07) is 14.2. The van der Waals surface area contributed by atoms with Gasteiger partial charge in [0.1, 0.15) is 18.5 Å². The number of aromatic amines is 1. The molecule has 4 rings (SSSR count). The number of fused-ring (bicyclic) bond motifs is 3. The highest BCUT2D eigenvalue weighted by atomic mass is 16.6. The molecule has 0 radical (unpaired) electrons. The minimum Gasteiger partial charge on any atom is -0.491 e. The lowest BCUT2D eigenvalue weighted by Crippen LogP contribution is -2.38. The molecule has 0 saturated carbocycles. The molecule has 140 valence electrons. The van der Waals surface area contributed by atoms with Crippen molar-refractivity contribution >= 4 is 16.6 Å². The Morgan fingerprint density at radius 3 is 2.78 bits per heavy atom. The number of aliphatic hydroxyl groups excluding tert-OH is 1. The maximum Gasteiger partial charge on any atom is 0.269 e. The average molecular weight is 367 g/mol. The van der Waals surface area contributed by atoms with E-state index < -0.39 is 11.0 Å². The van der Waals surface area contributed by atoms with E-state index in [1.165, 1.54) is 28.8 Å². The van der Waals surface area contributed by atoms with Crippen molar-refractivity contribution in [2.45, 2.75) is 19.1 Å². The van der Waals surface area contributed by atoms with Gasteiger partial charge in [0.2, 0.25) is 0 Å². The molecule has 1 atom stereocenters. The largest absolute Gasteiger partial charge is 0.491 e. The smallest absolute Gasteiger partial charge is 0.269 e. The van der Waals surface area contributed by atoms with Crippen LogP contribution in [0.3, 0.4) is 0 Å². The van der Waals surface area contributed by atoms with Crippen LogP contribution in [0, 0.1) is 10.1 Å². The Labute approximate surface area is 156 Å². The maximum absolute atomic E-state index is 10.7. The molecule has 0 aliphatic carbocycles. The first-order valence-electron chi connectivity index (χ1n) is 8.96. The molecule has 0 bridgehead atoms. The number of H-pyrrole nitrogens is 1. The monoisotopic (exact) mass is 367 g/mol. The number of nitrogens with zero attached hydrogens (tertiary/aromatic N) is 2. The lowest BCUT2D eigenvalue weighted by Gasteiger charge is -2.28. The number of rotatable bonds is 6. The van der Waals surface area contributed by atoms with E-state index in [-0.39, 0.29) is 12.3 Å². The van der Waals surface area contributed by atoms with E-state index in [2.05, 4.69) is 28.1 Å². The maximum atomic E-state index is 10.7. The van der Waals surface area contributed by atoms with Crippen LogP contribution in [-0.2, 0) is 13.0 Å². The first-order valence-corrected chi connectivity index (χ1v) is 8.96. The second-order valence-corrected chi connectivity index (χ2v) is 6.83. The summed E-state index contributed by atoms with van der Waals surface area (Å²) < 4.78 is 5.55. The summed E-state index contributed by atoms with van der Waals surface area (Å²) in [5.41, 5.74) is 3.76. The number of para-hydroxylation sites is 1. The first-order chi connectivity index (χ1) is 13.1. The number of benzene rings is 2. The molecule has 2 N–H and O–H groups in total. The van der Waals surface area contributed by atoms with Gasteiger partial charge in [0.15, 0.2) is 0 Å². The first kappa shape index (κ1) is 17.5. The predicted octanol–water partition coefficient (Wildman–Crippen LogP) is 2.87. The molecule has 7 nitrogen and oxygen atoms in total. The summed E-state index contributed by atoms with van der Waals surface area (Å²) >= 11 is 0. The van der Waals surface area contributed by atoms with Crippen LogP contribution in [0.4, 0.5) is 5.69 Å². The number of hydrogen-bond acceptors (Lipinski definition) is 5. The average Bonchev–Trinajstić information content (AvgIpc) is 3.04. The van der Waals surface area contributed by atoms with Crippen molar-refractivity contribution in [1.29, 1.82) is 0 Å². The Kier molecular flexibility index (Phi) is 4.79. The van der Waals surface area contributed by atoms with Gasteiger partial charge in [-0.1, -0.05) is 18.2 Å². The fourth-order valence-electron chi connectivity index (χ4n) is 3.61. The van der Waals surface area contributed by atoms with E-state index >= 15 is 0 Å². The zero-order chi connectivity index (χ0) is 18.8. The molecule has 3 aromatic rings. The van der Waals surface area contributed by atoms with Crippen LogP contribution in [0.2, 0.25) is 0 Å². The molecule has 1 aliphatic heterocycles. The molecule has 2 heterocycles. The fourth-order valence-corrected chi connectivity index (χ4v) is 3.61. The molecule has 7 heteroatoms. The quantitative estimate of drug-likeness (QED) is 0.516. The van der Waals surface area contributed by atoms with Crippen LogP contribution in [0.25, 0.3) is 10.9 Å². The standard InChI is InChI=1S/C20H21N3O4/c24-15(13-27-16-7-5-14(6-8-16)23(25)26)11-22-10-9-18-17-3-1-2-4-19(17)21-20(18)12-22/h1-8,15,21,24H,9-13H2. The van der Waals surface area contributed by atoms with Crippen molar-refractivity contribution < 1.29 is 14.8 Å². The lowest BCUT2D eigenvalue weighted by atomic mass is 10.0. The molecule has 1 aliphatic rings. The highest BCUT2D eigenvalue weighted by Crippen LogP contribution is 2.27. The fraction of sp³-hybridized carbons (Fsp3) is 0.300. The summed E-state index contributed by atoms with van der Waals surface area (Å²) in [5.74, 6) is 0.510. The Morgan fingerprint density at radius 2 is 2.00 bits per heavy atom. The molecule has 1 aromatic heterocycles. The van der Waals surface area contributed by atoms with Gasteiger partial charge in [-0.3, -0.25) is 15.0 Å². The highest BCUT2D eigenvalue weighted by Gasteiger charge is 2.22. The van der Waals surface area contributed by atoms with Crippen molar-refractivity contribution in [3.05, 3.63) is 69.9 Å². The SMILES string of the molecule is O=[N+]([O-])c1ccc(OCC(O)CN2CCc3c([nH]c4ccccc34)C2)cc1. The molecule has 0 spiro atoms. The topological polar surface area (TPSA) is 91.6 Å². The number of aliphatic hydroxyl groups is 1. The van der Waals surface area contributed by atoms with Gasteiger partial charge in [0.25, 0.3) is 5.69 Å². The molecule has 27 heavy (non-hydrogen) atoms. The van der Waals surface area contributed by atoms with Crippen LogP contribution in [-0.4, -0.2) is 45.7 Å². The summed E-state index contributed by atoms with van der Waals surface area (Å²) in [7, 11) is 0. The number of ether oxygens (including phenoxy) is 1. The third kappa shape index (κ3) is 3.79. The van der Waals surface area contributed by atoms with Crippen LogP contribution in [0.15, 0.2) is 48.5 Å². The molecular weight excluding hydrogens is 346 g/mol. The van der Waals surface area contributed by atoms with E-state index in [1.54, 1.807) is 12.1 Å². The van der Waals surface area contributed by atoms with Gasteiger partial charge in [0, 0.05) is 48.4 Å². The zero-order valence-corrected chi connectivity index (χ0v) is 14.8. The predicted molar refractivity (Wildman–Crippen MR) is 102 cm³/mol. The van der Waals surface area contributed by atoms with Gasteiger partial charge in [-0.25, -0.2) is 0 Å². The van der Waals surface area contributed by atoms with Crippen LogP contribution < -0.4 is 4.74 Å². The van der Waals surface area contributed by atoms with Crippen molar-refractivity contribution in [1.82, 2.24) is 9.88 Å². The van der Waals surface area contributed by atoms with E-state index in [0.717, 1.165) is 25.0 Å². The van der Waals surface area contributed by atoms with Crippen molar-refractivity contribution in [3.8, 4) is 5.75 Å². The Hall–Kier alpha value is -2.90. The van der Waals surface area contributed by atoms with Gasteiger partial charge in [-0.15, -0.1) is 0 Å². The van der Waals surface area contributed by atoms with E-state index in [9.17, 15) is 15.2 Å². The van der Waals surface area contributed by atoms with Gasteiger partial charge in [-0.2, -0.15) is 0 Å². The van der Waals surface area contributed by atoms with E-state index in [0.29, 0.717) is 12.3 Å². The minimum absolute atomic E-state index is 0.0188. The number of β-amino-alcohol motifs (C(OH)–C–C–N with tert-alkyl or cyclic N) is 1. The third-order valence-corrected chi connectivity index (χ3v) is 4.92. The molecule has 2 aromatic carbocycles.